The molecule has 0 saturated carbocycles. The standard InChI is InChI=1S/C7H11ClN4O2S/c1-5(2)11-15(13,14)12-7-6(8)9-3-4-10-7/h3-5,11H,1-2H3,(H,10,12). The third-order valence-corrected chi connectivity index (χ3v) is 2.80. The number of halogens is 1. The van der Waals surface area contributed by atoms with Crippen molar-refractivity contribution < 1.29 is 8.42 Å². The van der Waals surface area contributed by atoms with E-state index >= 15 is 0 Å². The summed E-state index contributed by atoms with van der Waals surface area (Å²) in [5.74, 6) is 0.00677. The second kappa shape index (κ2) is 4.73. The molecule has 8 heteroatoms. The molecule has 0 aliphatic carbocycles. The summed E-state index contributed by atoms with van der Waals surface area (Å²) in [5.41, 5.74) is 0. The number of rotatable bonds is 4. The third-order valence-electron chi connectivity index (χ3n) is 1.28. The Morgan fingerprint density at radius 2 is 1.93 bits per heavy atom. The van der Waals surface area contributed by atoms with Crippen LogP contribution < -0.4 is 9.44 Å². The molecular formula is C7H11ClN4O2S. The zero-order chi connectivity index (χ0) is 11.5. The normalized spacial score (nSPS) is 11.7. The van der Waals surface area contributed by atoms with Crippen molar-refractivity contribution in [1.29, 1.82) is 0 Å². The maximum atomic E-state index is 11.4. The first-order chi connectivity index (χ1) is 6.91. The molecule has 84 valence electrons. The summed E-state index contributed by atoms with van der Waals surface area (Å²) in [5, 5.41) is 0.00614. The first kappa shape index (κ1) is 12.2. The molecular weight excluding hydrogens is 240 g/mol. The molecule has 0 spiro atoms. The maximum Gasteiger partial charge on any atom is 0.300 e. The zero-order valence-corrected chi connectivity index (χ0v) is 9.80. The highest BCUT2D eigenvalue weighted by Crippen LogP contribution is 2.14. The fourth-order valence-corrected chi connectivity index (χ4v) is 2.15. The number of anilines is 1. The van der Waals surface area contributed by atoms with Crippen molar-refractivity contribution in [1.82, 2.24) is 14.7 Å². The lowest BCUT2D eigenvalue weighted by atomic mass is 10.4. The summed E-state index contributed by atoms with van der Waals surface area (Å²) < 4.78 is 27.3. The molecule has 0 amide bonds. The molecule has 0 unspecified atom stereocenters. The minimum Gasteiger partial charge on any atom is -0.252 e. The molecule has 15 heavy (non-hydrogen) atoms. The summed E-state index contributed by atoms with van der Waals surface area (Å²) in [7, 11) is -3.64. The summed E-state index contributed by atoms with van der Waals surface area (Å²) in [6.45, 7) is 3.41. The van der Waals surface area contributed by atoms with E-state index in [9.17, 15) is 8.42 Å². The van der Waals surface area contributed by atoms with E-state index in [-0.39, 0.29) is 17.0 Å². The van der Waals surface area contributed by atoms with Gasteiger partial charge >= 0.3 is 10.2 Å². The Balaban J connectivity index is 2.83. The zero-order valence-electron chi connectivity index (χ0n) is 8.23. The lowest BCUT2D eigenvalue weighted by molar-refractivity contribution is 0.575. The van der Waals surface area contributed by atoms with Gasteiger partial charge in [0.25, 0.3) is 0 Å². The molecule has 1 aromatic rings. The summed E-state index contributed by atoms with van der Waals surface area (Å²) in [6.07, 6.45) is 2.72. The van der Waals surface area contributed by atoms with Crippen molar-refractivity contribution in [2.75, 3.05) is 4.72 Å². The van der Waals surface area contributed by atoms with Crippen molar-refractivity contribution in [3.05, 3.63) is 17.5 Å². The summed E-state index contributed by atoms with van der Waals surface area (Å²) >= 11 is 5.64. The quantitative estimate of drug-likeness (QED) is 0.827. The van der Waals surface area contributed by atoms with Crippen molar-refractivity contribution in [3.63, 3.8) is 0 Å². The molecule has 1 aromatic heterocycles. The SMILES string of the molecule is CC(C)NS(=O)(=O)Nc1nccnc1Cl. The van der Waals surface area contributed by atoms with E-state index in [1.54, 1.807) is 13.8 Å². The minimum absolute atomic E-state index is 0.00614. The molecule has 6 nitrogen and oxygen atoms in total. The molecule has 0 aliphatic heterocycles. The van der Waals surface area contributed by atoms with E-state index in [0.29, 0.717) is 0 Å². The number of hydrogen-bond acceptors (Lipinski definition) is 4. The number of hydrogen-bond donors (Lipinski definition) is 2. The van der Waals surface area contributed by atoms with Gasteiger partial charge in [-0.3, -0.25) is 4.72 Å². The second-order valence-corrected chi connectivity index (χ2v) is 4.88. The molecule has 0 aliphatic rings. The van der Waals surface area contributed by atoms with Crippen molar-refractivity contribution in [2.24, 2.45) is 0 Å². The van der Waals surface area contributed by atoms with E-state index in [2.05, 4.69) is 19.4 Å². The molecule has 0 aromatic carbocycles. The minimum atomic E-state index is -3.64. The van der Waals surface area contributed by atoms with Crippen LogP contribution in [0.3, 0.4) is 0 Å². The monoisotopic (exact) mass is 250 g/mol. The molecule has 0 radical (unpaired) electrons. The number of nitrogens with zero attached hydrogens (tertiary/aromatic N) is 2. The maximum absolute atomic E-state index is 11.4. The Hall–Kier alpha value is -0.920. The van der Waals surface area contributed by atoms with Gasteiger partial charge < -0.3 is 0 Å². The largest absolute Gasteiger partial charge is 0.300 e. The van der Waals surface area contributed by atoms with Crippen LogP contribution in [0.4, 0.5) is 5.82 Å². The van der Waals surface area contributed by atoms with Gasteiger partial charge in [0.2, 0.25) is 0 Å². The Labute approximate surface area is 93.3 Å². The van der Waals surface area contributed by atoms with Crippen molar-refractivity contribution >= 4 is 27.6 Å². The van der Waals surface area contributed by atoms with Gasteiger partial charge in [0.15, 0.2) is 11.0 Å². The third kappa shape index (κ3) is 3.98. The van der Waals surface area contributed by atoms with Gasteiger partial charge in [-0.15, -0.1) is 0 Å². The van der Waals surface area contributed by atoms with Crippen LogP contribution in [0.15, 0.2) is 12.4 Å². The first-order valence-corrected chi connectivity index (χ1v) is 6.03. The van der Waals surface area contributed by atoms with E-state index in [1.165, 1.54) is 12.4 Å². The highest BCUT2D eigenvalue weighted by molar-refractivity contribution is 7.90. The van der Waals surface area contributed by atoms with Crippen LogP contribution in [-0.4, -0.2) is 24.4 Å². The van der Waals surface area contributed by atoms with E-state index in [4.69, 9.17) is 11.6 Å². The van der Waals surface area contributed by atoms with Gasteiger partial charge in [-0.2, -0.15) is 13.1 Å². The fourth-order valence-electron chi connectivity index (χ4n) is 0.857. The highest BCUT2D eigenvalue weighted by atomic mass is 35.5. The predicted octanol–water partition coefficient (Wildman–Crippen LogP) is 0.785. The Morgan fingerprint density at radius 1 is 1.33 bits per heavy atom. The molecule has 2 N–H and O–H groups in total. The number of aromatic nitrogens is 2. The molecule has 0 bridgehead atoms. The van der Waals surface area contributed by atoms with Crippen LogP contribution in [0.2, 0.25) is 5.15 Å². The molecule has 0 fully saturated rings. The van der Waals surface area contributed by atoms with Crippen molar-refractivity contribution in [2.45, 2.75) is 19.9 Å². The summed E-state index contributed by atoms with van der Waals surface area (Å²) in [4.78, 5) is 7.44. The topological polar surface area (TPSA) is 84.0 Å². The lowest BCUT2D eigenvalue weighted by Gasteiger charge is -2.10. The molecule has 0 atom stereocenters. The molecule has 0 saturated heterocycles. The van der Waals surface area contributed by atoms with E-state index < -0.39 is 10.2 Å². The van der Waals surface area contributed by atoms with Crippen molar-refractivity contribution in [3.8, 4) is 0 Å². The van der Waals surface area contributed by atoms with Crippen LogP contribution >= 0.6 is 11.6 Å². The first-order valence-electron chi connectivity index (χ1n) is 4.17. The second-order valence-electron chi connectivity index (χ2n) is 3.07. The van der Waals surface area contributed by atoms with Crippen LogP contribution in [0, 0.1) is 0 Å². The Bertz CT molecular complexity index is 434. The highest BCUT2D eigenvalue weighted by Gasteiger charge is 2.14. The predicted molar refractivity (Wildman–Crippen MR) is 57.9 cm³/mol. The van der Waals surface area contributed by atoms with Crippen LogP contribution in [0.5, 0.6) is 0 Å². The van der Waals surface area contributed by atoms with E-state index in [0.717, 1.165) is 0 Å². The number of nitrogens with one attached hydrogen (secondary N) is 2. The Kier molecular flexibility index (Phi) is 3.83. The van der Waals surface area contributed by atoms with Crippen LogP contribution in [-0.2, 0) is 10.2 Å². The van der Waals surface area contributed by atoms with Crippen LogP contribution in [0.25, 0.3) is 0 Å². The van der Waals surface area contributed by atoms with Gasteiger partial charge in [-0.05, 0) is 13.8 Å². The van der Waals surface area contributed by atoms with Crippen LogP contribution in [0.1, 0.15) is 13.8 Å². The smallest absolute Gasteiger partial charge is 0.252 e. The average Bonchev–Trinajstić information content (AvgIpc) is 2.06. The molecule has 1 rings (SSSR count). The Morgan fingerprint density at radius 3 is 2.47 bits per heavy atom. The average molecular weight is 251 g/mol. The van der Waals surface area contributed by atoms with Gasteiger partial charge in [0.05, 0.1) is 0 Å². The fraction of sp³-hybridized carbons (Fsp3) is 0.429. The van der Waals surface area contributed by atoms with E-state index in [1.807, 2.05) is 0 Å². The van der Waals surface area contributed by atoms with Gasteiger partial charge in [-0.25, -0.2) is 9.97 Å². The molecule has 1 heterocycles. The lowest BCUT2D eigenvalue weighted by Crippen LogP contribution is -2.35. The van der Waals surface area contributed by atoms with Gasteiger partial charge in [0.1, 0.15) is 0 Å². The summed E-state index contributed by atoms with van der Waals surface area (Å²) in [6, 6.07) is -0.210. The van der Waals surface area contributed by atoms with Gasteiger partial charge in [-0.1, -0.05) is 11.6 Å². The van der Waals surface area contributed by atoms with Gasteiger partial charge in [0, 0.05) is 18.4 Å².